The Kier molecular flexibility index (Phi) is 8.58. The van der Waals surface area contributed by atoms with E-state index in [0.717, 1.165) is 5.56 Å². The van der Waals surface area contributed by atoms with Crippen molar-refractivity contribution >= 4 is 17.7 Å². The molecule has 5 atom stereocenters. The minimum absolute atomic E-state index is 0.00403. The molecule has 5 rings (SSSR count). The molecule has 220 valence electrons. The summed E-state index contributed by atoms with van der Waals surface area (Å²) >= 11 is 0. The smallest absolute Gasteiger partial charge is 0.262 e. The molecule has 0 aromatic heterocycles. The van der Waals surface area contributed by atoms with Crippen molar-refractivity contribution in [2.75, 3.05) is 46.5 Å². The van der Waals surface area contributed by atoms with Crippen molar-refractivity contribution in [3.05, 3.63) is 29.8 Å². The molecule has 10 nitrogen and oxygen atoms in total. The Hall–Kier alpha value is -2.83. The Bertz CT molecular complexity index is 1100. The standard InChI is InChI=1S/C28H39F2N5O5/c1-17(31-2)25(36)33-24(18-7-10-39-11-8-18)27(38)35-14-19-13-28(29,30)16-34(19)15-22(35)26(37)32-21-9-12-40-23-6-4-3-5-20(21)23/h3-6,17-19,21-22,24,31H,7-16H2,1-2H3,(H,32,37)(H,33,36)/t17-,19+,21+,22?,24-/m0/s1. The number of amides is 3. The topological polar surface area (TPSA) is 112 Å². The highest BCUT2D eigenvalue weighted by molar-refractivity contribution is 5.93. The molecule has 3 fully saturated rings. The van der Waals surface area contributed by atoms with E-state index in [0.29, 0.717) is 44.8 Å². The number of rotatable bonds is 7. The fourth-order valence-electron chi connectivity index (χ4n) is 6.28. The van der Waals surface area contributed by atoms with Crippen LogP contribution in [0.5, 0.6) is 5.75 Å². The molecule has 1 aromatic rings. The highest BCUT2D eigenvalue weighted by atomic mass is 19.3. The number of nitrogens with zero attached hydrogens (tertiary/aromatic N) is 2. The van der Waals surface area contributed by atoms with Gasteiger partial charge in [0, 0.05) is 50.8 Å². The van der Waals surface area contributed by atoms with E-state index in [1.54, 1.807) is 18.9 Å². The second-order valence-corrected chi connectivity index (χ2v) is 11.3. The summed E-state index contributed by atoms with van der Waals surface area (Å²) in [7, 11) is 1.66. The Morgan fingerprint density at radius 1 is 1.07 bits per heavy atom. The first-order chi connectivity index (χ1) is 19.2. The van der Waals surface area contributed by atoms with Gasteiger partial charge in [0.1, 0.15) is 17.8 Å². The lowest BCUT2D eigenvalue weighted by molar-refractivity contribution is -0.150. The highest BCUT2D eigenvalue weighted by Gasteiger charge is 2.52. The fraction of sp³-hybridized carbons (Fsp3) is 0.679. The monoisotopic (exact) mass is 563 g/mol. The second-order valence-electron chi connectivity index (χ2n) is 11.3. The maximum absolute atomic E-state index is 14.5. The molecule has 0 spiro atoms. The van der Waals surface area contributed by atoms with Crippen LogP contribution in [0.2, 0.25) is 0 Å². The van der Waals surface area contributed by atoms with Crippen molar-refractivity contribution in [3.63, 3.8) is 0 Å². The third kappa shape index (κ3) is 6.08. The molecule has 0 aliphatic carbocycles. The van der Waals surface area contributed by atoms with Gasteiger partial charge in [-0.25, -0.2) is 8.78 Å². The number of benzene rings is 1. The van der Waals surface area contributed by atoms with Gasteiger partial charge >= 0.3 is 0 Å². The molecule has 4 heterocycles. The van der Waals surface area contributed by atoms with Crippen LogP contribution in [-0.4, -0.2) is 104 Å². The van der Waals surface area contributed by atoms with Gasteiger partial charge in [-0.15, -0.1) is 0 Å². The summed E-state index contributed by atoms with van der Waals surface area (Å²) in [5, 5.41) is 8.86. The number of likely N-dealkylation sites (N-methyl/N-ethyl adjacent to an activating group) is 1. The third-order valence-corrected chi connectivity index (χ3v) is 8.66. The lowest BCUT2D eigenvalue weighted by Gasteiger charge is -2.45. The third-order valence-electron chi connectivity index (χ3n) is 8.66. The zero-order valence-corrected chi connectivity index (χ0v) is 23.0. The number of para-hydroxylation sites is 1. The van der Waals surface area contributed by atoms with Crippen molar-refractivity contribution < 1.29 is 32.6 Å². The molecular formula is C28H39F2N5O5. The molecule has 1 unspecified atom stereocenters. The Morgan fingerprint density at radius 3 is 2.58 bits per heavy atom. The van der Waals surface area contributed by atoms with Crippen LogP contribution in [0.4, 0.5) is 8.78 Å². The number of halogens is 2. The van der Waals surface area contributed by atoms with Crippen molar-refractivity contribution in [1.82, 2.24) is 25.8 Å². The van der Waals surface area contributed by atoms with Crippen LogP contribution in [0.3, 0.4) is 0 Å². The van der Waals surface area contributed by atoms with E-state index in [-0.39, 0.29) is 37.4 Å². The van der Waals surface area contributed by atoms with Gasteiger partial charge in [0.05, 0.1) is 25.2 Å². The van der Waals surface area contributed by atoms with E-state index in [4.69, 9.17) is 9.47 Å². The van der Waals surface area contributed by atoms with Crippen LogP contribution in [-0.2, 0) is 19.1 Å². The molecule has 4 aliphatic heterocycles. The number of carbonyl (C=O) groups excluding carboxylic acids is 3. The van der Waals surface area contributed by atoms with Crippen LogP contribution < -0.4 is 20.7 Å². The van der Waals surface area contributed by atoms with Gasteiger partial charge in [-0.1, -0.05) is 18.2 Å². The molecule has 3 amide bonds. The van der Waals surface area contributed by atoms with Crippen LogP contribution in [0.15, 0.2) is 24.3 Å². The molecule has 4 aliphatic rings. The molecule has 12 heteroatoms. The van der Waals surface area contributed by atoms with Crippen molar-refractivity contribution in [3.8, 4) is 5.75 Å². The van der Waals surface area contributed by atoms with Crippen LogP contribution in [0, 0.1) is 5.92 Å². The largest absolute Gasteiger partial charge is 0.493 e. The van der Waals surface area contributed by atoms with Gasteiger partial charge in [-0.2, -0.15) is 0 Å². The maximum atomic E-state index is 14.5. The zero-order chi connectivity index (χ0) is 28.4. The van der Waals surface area contributed by atoms with Crippen molar-refractivity contribution in [2.24, 2.45) is 5.92 Å². The van der Waals surface area contributed by atoms with Gasteiger partial charge < -0.3 is 30.3 Å². The van der Waals surface area contributed by atoms with Gasteiger partial charge in [0.25, 0.3) is 5.92 Å². The van der Waals surface area contributed by atoms with E-state index in [1.165, 1.54) is 4.90 Å². The first-order valence-electron chi connectivity index (χ1n) is 14.2. The Balaban J connectivity index is 1.41. The number of hydrogen-bond donors (Lipinski definition) is 3. The van der Waals surface area contributed by atoms with Crippen LogP contribution in [0.1, 0.15) is 44.2 Å². The summed E-state index contributed by atoms with van der Waals surface area (Å²) in [6.07, 6.45) is 1.32. The minimum atomic E-state index is -2.89. The lowest BCUT2D eigenvalue weighted by Crippen LogP contribution is -2.66. The highest BCUT2D eigenvalue weighted by Crippen LogP contribution is 2.37. The summed E-state index contributed by atoms with van der Waals surface area (Å²) in [6.45, 7) is 2.60. The van der Waals surface area contributed by atoms with E-state index in [1.807, 2.05) is 24.3 Å². The predicted molar refractivity (Wildman–Crippen MR) is 142 cm³/mol. The van der Waals surface area contributed by atoms with Gasteiger partial charge in [-0.05, 0) is 38.8 Å². The second kappa shape index (κ2) is 12.0. The van der Waals surface area contributed by atoms with Crippen LogP contribution in [0.25, 0.3) is 0 Å². The van der Waals surface area contributed by atoms with E-state index >= 15 is 0 Å². The maximum Gasteiger partial charge on any atom is 0.262 e. The Morgan fingerprint density at radius 2 is 1.82 bits per heavy atom. The summed E-state index contributed by atoms with van der Waals surface area (Å²) in [6, 6.07) is 4.17. The summed E-state index contributed by atoms with van der Waals surface area (Å²) < 4.78 is 40.1. The molecular weight excluding hydrogens is 524 g/mol. The summed E-state index contributed by atoms with van der Waals surface area (Å²) in [5.41, 5.74) is 0.842. The number of hydrogen-bond acceptors (Lipinski definition) is 7. The average molecular weight is 564 g/mol. The lowest BCUT2D eigenvalue weighted by atomic mass is 9.89. The first kappa shape index (κ1) is 28.7. The molecule has 0 radical (unpaired) electrons. The SMILES string of the molecule is CN[C@@H](C)C(=O)N[C@H](C(=O)N1C[C@H]2CC(F)(F)CN2CC1C(=O)N[C@@H]1CCOc2ccccc21)C1CCOCC1. The van der Waals surface area contributed by atoms with Crippen LogP contribution >= 0.6 is 0 Å². The van der Waals surface area contributed by atoms with Crippen molar-refractivity contribution in [2.45, 2.75) is 68.7 Å². The number of carbonyl (C=O) groups is 3. The number of piperazine rings is 1. The normalized spacial score (nSPS) is 28.0. The van der Waals surface area contributed by atoms with Gasteiger partial charge in [0.2, 0.25) is 17.7 Å². The number of alkyl halides is 2. The molecule has 3 saturated heterocycles. The molecule has 0 bridgehead atoms. The quantitative estimate of drug-likeness (QED) is 0.455. The molecule has 40 heavy (non-hydrogen) atoms. The van der Waals surface area contributed by atoms with E-state index in [9.17, 15) is 23.2 Å². The van der Waals surface area contributed by atoms with Crippen molar-refractivity contribution in [1.29, 1.82) is 0 Å². The van der Waals surface area contributed by atoms with E-state index in [2.05, 4.69) is 16.0 Å². The fourth-order valence-corrected chi connectivity index (χ4v) is 6.28. The van der Waals surface area contributed by atoms with Gasteiger partial charge in [0.15, 0.2) is 0 Å². The van der Waals surface area contributed by atoms with Gasteiger partial charge in [-0.3, -0.25) is 19.3 Å². The van der Waals surface area contributed by atoms with E-state index < -0.39 is 48.4 Å². The number of nitrogens with one attached hydrogen (secondary N) is 3. The zero-order valence-electron chi connectivity index (χ0n) is 23.0. The number of fused-ring (bicyclic) bond motifs is 2. The molecule has 0 saturated carbocycles. The average Bonchev–Trinajstić information content (AvgIpc) is 3.27. The molecule has 3 N–H and O–H groups in total. The minimum Gasteiger partial charge on any atom is -0.493 e. The Labute approximate surface area is 233 Å². The summed E-state index contributed by atoms with van der Waals surface area (Å²) in [4.78, 5) is 44.0. The number of ether oxygens (including phenoxy) is 2. The first-order valence-corrected chi connectivity index (χ1v) is 14.2. The predicted octanol–water partition coefficient (Wildman–Crippen LogP) is 1.07. The molecule has 1 aromatic carbocycles. The summed E-state index contributed by atoms with van der Waals surface area (Å²) in [5.74, 6) is -3.53.